The molecule has 50 heavy (non-hydrogen) atoms. The molecular formula is C35H25N7O6RuS-2. The van der Waals surface area contributed by atoms with Gasteiger partial charge in [0.15, 0.2) is 11.5 Å². The van der Waals surface area contributed by atoms with E-state index in [1.165, 1.54) is 36.7 Å². The number of ether oxygens (including phenoxy) is 2. The van der Waals surface area contributed by atoms with Crippen LogP contribution in [0.5, 0.6) is 11.5 Å². The summed E-state index contributed by atoms with van der Waals surface area (Å²) in [6.07, 6.45) is 6.23. The minimum atomic E-state index is -1.08. The maximum atomic E-state index is 10.8. The summed E-state index contributed by atoms with van der Waals surface area (Å²) in [4.78, 5) is 44.3. The van der Waals surface area contributed by atoms with Gasteiger partial charge in [-0.25, -0.2) is 21.3 Å². The fourth-order valence-electron chi connectivity index (χ4n) is 4.42. The number of hydrogen-bond acceptors (Lipinski definition) is 11. The van der Waals surface area contributed by atoms with Gasteiger partial charge < -0.3 is 36.9 Å². The predicted octanol–water partition coefficient (Wildman–Crippen LogP) is 6.60. The van der Waals surface area contributed by atoms with Gasteiger partial charge in [-0.3, -0.25) is 19.9 Å². The molecule has 0 radical (unpaired) electrons. The molecule has 0 fully saturated rings. The first-order valence-corrected chi connectivity index (χ1v) is 15.0. The molecule has 0 aliphatic carbocycles. The van der Waals surface area contributed by atoms with Crippen LogP contribution in [0, 0.1) is 11.8 Å². The molecule has 0 spiro atoms. The Labute approximate surface area is 303 Å². The molecule has 7 rings (SSSR count). The molecule has 0 bridgehead atoms. The zero-order chi connectivity index (χ0) is 35.2. The van der Waals surface area contributed by atoms with Gasteiger partial charge in [0.1, 0.15) is 13.2 Å². The third-order valence-corrected chi connectivity index (χ3v) is 7.51. The number of aromatic carboxylic acids is 2. The van der Waals surface area contributed by atoms with Crippen molar-refractivity contribution in [2.24, 2.45) is 0 Å². The van der Waals surface area contributed by atoms with Gasteiger partial charge in [-0.15, -0.1) is 11.3 Å². The van der Waals surface area contributed by atoms with Crippen LogP contribution in [0.2, 0.25) is 0 Å². The van der Waals surface area contributed by atoms with Gasteiger partial charge in [0, 0.05) is 49.6 Å². The van der Waals surface area contributed by atoms with Gasteiger partial charge >= 0.3 is 11.9 Å². The van der Waals surface area contributed by atoms with E-state index in [-0.39, 0.29) is 30.6 Å². The molecule has 13 nitrogen and oxygen atoms in total. The van der Waals surface area contributed by atoms with Gasteiger partial charge in [0.2, 0.25) is 0 Å². The number of nitrogens with zero attached hydrogens (tertiary/aromatic N) is 7. The molecule has 1 aliphatic rings. The zero-order valence-corrected chi connectivity index (χ0v) is 28.4. The first-order chi connectivity index (χ1) is 24.0. The molecule has 0 saturated heterocycles. The number of carboxylic acids is 2. The van der Waals surface area contributed by atoms with Crippen LogP contribution in [0.4, 0.5) is 0 Å². The topological polar surface area (TPSA) is 204 Å². The Bertz CT molecular complexity index is 1950. The average molecular weight is 773 g/mol. The van der Waals surface area contributed by atoms with Crippen LogP contribution in [0.15, 0.2) is 103 Å². The Kier molecular flexibility index (Phi) is 14.5. The van der Waals surface area contributed by atoms with Gasteiger partial charge in [0.05, 0.1) is 50.2 Å². The van der Waals surface area contributed by atoms with Gasteiger partial charge in [-0.2, -0.15) is 0 Å². The summed E-state index contributed by atoms with van der Waals surface area (Å²) in [6, 6.07) is 21.1. The molecular weight excluding hydrogens is 748 g/mol. The van der Waals surface area contributed by atoms with Crippen molar-refractivity contribution in [1.82, 2.24) is 24.9 Å². The summed E-state index contributed by atoms with van der Waals surface area (Å²) >= 11 is 1.61. The Hall–Kier alpha value is -6.23. The molecule has 2 N–H and O–H groups in total. The number of fused-ring (bicyclic) bond motifs is 1. The van der Waals surface area contributed by atoms with Crippen LogP contribution < -0.4 is 9.47 Å². The van der Waals surface area contributed by atoms with E-state index in [1.54, 1.807) is 23.7 Å². The second-order valence-electron chi connectivity index (χ2n) is 9.48. The maximum Gasteiger partial charge on any atom is 0.335 e. The molecule has 6 aromatic rings. The molecule has 6 aromatic heterocycles. The summed E-state index contributed by atoms with van der Waals surface area (Å²) < 4.78 is 11.6. The van der Waals surface area contributed by atoms with Crippen LogP contribution in [0.3, 0.4) is 0 Å². The summed E-state index contributed by atoms with van der Waals surface area (Å²) in [5.74, 6) is -0.547. The molecule has 15 heteroatoms. The van der Waals surface area contributed by atoms with Gasteiger partial charge in [-0.1, -0.05) is 12.1 Å². The number of carbonyl (C=O) groups is 2. The van der Waals surface area contributed by atoms with E-state index in [0.717, 1.165) is 44.7 Å². The van der Waals surface area contributed by atoms with Crippen molar-refractivity contribution in [1.29, 1.82) is 5.26 Å². The minimum absolute atomic E-state index is 0. The molecule has 0 atom stereocenters. The van der Waals surface area contributed by atoms with Crippen molar-refractivity contribution in [3.8, 4) is 56.1 Å². The first kappa shape index (κ1) is 38.2. The average Bonchev–Trinajstić information content (AvgIpc) is 3.62. The van der Waals surface area contributed by atoms with E-state index < -0.39 is 11.9 Å². The summed E-state index contributed by atoms with van der Waals surface area (Å²) in [5, 5.41) is 32.7. The van der Waals surface area contributed by atoms with Crippen LogP contribution in [-0.4, -0.2) is 67.0 Å². The normalized spacial score (nSPS) is 10.6. The fraction of sp³-hybridized carbons (Fsp3) is 0.0571. The largest absolute Gasteiger partial charge is 0.817 e. The van der Waals surface area contributed by atoms with Crippen LogP contribution in [-0.2, 0) is 19.5 Å². The molecule has 1 aliphatic heterocycles. The van der Waals surface area contributed by atoms with E-state index in [4.69, 9.17) is 41.9 Å². The fourth-order valence-corrected chi connectivity index (χ4v) is 5.34. The van der Waals surface area contributed by atoms with E-state index in [2.05, 4.69) is 26.7 Å². The Morgan fingerprint density at radius 1 is 0.700 bits per heavy atom. The molecule has 0 unspecified atom stereocenters. The summed E-state index contributed by atoms with van der Waals surface area (Å²) in [7, 11) is 0. The van der Waals surface area contributed by atoms with Gasteiger partial charge in [-0.05, 0) is 66.2 Å². The minimum Gasteiger partial charge on any atom is -0.817 e. The quantitative estimate of drug-likeness (QED) is 0.105. The number of pyridine rings is 5. The Morgan fingerprint density at radius 3 is 1.64 bits per heavy atom. The first-order valence-electron chi connectivity index (χ1n) is 14.1. The SMILES string of the molecule is C=[N-].O=C(O)c1ccnc(-c2cc(C(=O)O)ccn2)c1.[C-]#N.[Ru].c1ccc(-c2cc(-c3scc4c3OCCO4)cc(-c3ccccn3)n2)nc1. The smallest absolute Gasteiger partial charge is 0.335 e. The van der Waals surface area contributed by atoms with E-state index in [0.29, 0.717) is 24.6 Å². The Balaban J connectivity index is 0.000000258. The Morgan fingerprint density at radius 2 is 1.18 bits per heavy atom. The maximum absolute atomic E-state index is 10.8. The van der Waals surface area contributed by atoms with Crippen LogP contribution >= 0.6 is 11.3 Å². The van der Waals surface area contributed by atoms with Crippen molar-refractivity contribution < 1.29 is 48.8 Å². The van der Waals surface area contributed by atoms with E-state index in [9.17, 15) is 9.59 Å². The predicted molar refractivity (Wildman–Crippen MR) is 182 cm³/mol. The monoisotopic (exact) mass is 773 g/mol. The van der Waals surface area contributed by atoms with Crippen LogP contribution in [0.25, 0.3) is 50.0 Å². The number of rotatable bonds is 6. The third-order valence-electron chi connectivity index (χ3n) is 6.52. The third kappa shape index (κ3) is 9.44. The van der Waals surface area contributed by atoms with E-state index >= 15 is 0 Å². The van der Waals surface area contributed by atoms with Crippen molar-refractivity contribution in [3.63, 3.8) is 0 Å². The number of thiophene rings is 1. The number of aromatic nitrogens is 5. The van der Waals surface area contributed by atoms with Crippen molar-refractivity contribution in [2.75, 3.05) is 13.2 Å². The summed E-state index contributed by atoms with van der Waals surface area (Å²) in [5.41, 5.74) is 5.03. The molecule has 0 saturated carbocycles. The second kappa shape index (κ2) is 18.9. The van der Waals surface area contributed by atoms with Gasteiger partial charge in [0.25, 0.3) is 0 Å². The zero-order valence-electron chi connectivity index (χ0n) is 25.9. The van der Waals surface area contributed by atoms with Crippen molar-refractivity contribution in [3.05, 3.63) is 126 Å². The standard InChI is InChI=1S/C21H15N3O2S.C12H8N2O4.CH2N.CN.Ru/c1-3-7-22-15(5-1)17-11-14(12-18(24-17)16-6-2-4-8-23-16)21-20-19(13-27-21)25-9-10-26-20;15-11(16)7-1-3-13-9(5-7)10-6-8(12(17)18)2-4-14-10;2*1-2;/h1-8,11-13H,9-10H2;1-6H,(H,15,16)(H,17,18);1H2;;/q;;2*-1;. The molecule has 0 aromatic carbocycles. The second-order valence-corrected chi connectivity index (χ2v) is 10.4. The number of hydrogen-bond donors (Lipinski definition) is 2. The number of carboxylic acid groups (broad SMARTS) is 2. The van der Waals surface area contributed by atoms with E-state index in [1.807, 2.05) is 53.9 Å². The molecule has 0 amide bonds. The van der Waals surface area contributed by atoms with Crippen LogP contribution in [0.1, 0.15) is 20.7 Å². The molecule has 252 valence electrons. The summed E-state index contributed by atoms with van der Waals surface area (Å²) in [6.45, 7) is 8.14. The van der Waals surface area contributed by atoms with Crippen molar-refractivity contribution >= 4 is 30.0 Å². The molecule has 7 heterocycles. The van der Waals surface area contributed by atoms with Crippen molar-refractivity contribution in [2.45, 2.75) is 0 Å².